The number of hydrogen-bond donors (Lipinski definition) is 3. The van der Waals surface area contributed by atoms with Gasteiger partial charge in [-0.15, -0.1) is 0 Å². The Morgan fingerprint density at radius 3 is 0.839 bits per heavy atom. The van der Waals surface area contributed by atoms with Crippen molar-refractivity contribution in [3.63, 3.8) is 0 Å². The topological polar surface area (TPSA) is 95.9 Å². The second-order valence-corrected chi connectivity index (χ2v) is 27.7. The molecule has 0 aliphatic carbocycles. The van der Waals surface area contributed by atoms with E-state index in [9.17, 15) is 19.8 Å². The highest BCUT2D eigenvalue weighted by molar-refractivity contribution is 5.76. The predicted octanol–water partition coefficient (Wildman–Crippen LogP) is 26.4. The monoisotopic (exact) mass is 1220 g/mol. The summed E-state index contributed by atoms with van der Waals surface area (Å²) in [6.45, 7) is 4.98. The molecule has 3 N–H and O–H groups in total. The van der Waals surface area contributed by atoms with Gasteiger partial charge >= 0.3 is 5.97 Å². The Morgan fingerprint density at radius 2 is 0.540 bits per heavy atom. The van der Waals surface area contributed by atoms with Crippen molar-refractivity contribution in [2.45, 2.75) is 469 Å². The number of unbranched alkanes of at least 4 members (excludes halogenated alkanes) is 61. The van der Waals surface area contributed by atoms with Gasteiger partial charge in [0.05, 0.1) is 25.4 Å². The molecule has 0 aliphatic heterocycles. The van der Waals surface area contributed by atoms with Crippen LogP contribution in [0.15, 0.2) is 24.3 Å². The van der Waals surface area contributed by atoms with Gasteiger partial charge in [0, 0.05) is 12.8 Å². The fraction of sp³-hybridized carbons (Fsp3) is 0.926. The third-order valence-electron chi connectivity index (χ3n) is 19.0. The van der Waals surface area contributed by atoms with Crippen molar-refractivity contribution in [2.24, 2.45) is 0 Å². The molecule has 0 aromatic rings. The van der Waals surface area contributed by atoms with Gasteiger partial charge in [0.2, 0.25) is 5.91 Å². The minimum absolute atomic E-state index is 0.0109. The fourth-order valence-corrected chi connectivity index (χ4v) is 12.9. The highest BCUT2D eigenvalue weighted by Gasteiger charge is 2.20. The molecular formula is C81H157NO5. The van der Waals surface area contributed by atoms with Crippen molar-refractivity contribution < 1.29 is 24.5 Å². The molecule has 2 unspecified atom stereocenters. The van der Waals surface area contributed by atoms with Crippen LogP contribution in [0.4, 0.5) is 0 Å². The number of hydrogen-bond acceptors (Lipinski definition) is 5. The molecule has 0 aliphatic rings. The van der Waals surface area contributed by atoms with Crippen molar-refractivity contribution in [2.75, 3.05) is 13.2 Å². The average Bonchev–Trinajstić information content (AvgIpc) is 3.53. The molecule has 0 aromatic heterocycles. The molecule has 87 heavy (non-hydrogen) atoms. The Morgan fingerprint density at radius 1 is 0.310 bits per heavy atom. The number of esters is 1. The normalized spacial score (nSPS) is 12.6. The molecule has 1 amide bonds. The lowest BCUT2D eigenvalue weighted by Gasteiger charge is -2.22. The number of carbonyl (C=O) groups excluding carboxylic acids is 2. The van der Waals surface area contributed by atoms with Crippen molar-refractivity contribution in [3.8, 4) is 0 Å². The van der Waals surface area contributed by atoms with Crippen LogP contribution in [0.3, 0.4) is 0 Å². The van der Waals surface area contributed by atoms with Gasteiger partial charge in [0.25, 0.3) is 0 Å². The lowest BCUT2D eigenvalue weighted by molar-refractivity contribution is -0.143. The van der Waals surface area contributed by atoms with Crippen LogP contribution >= 0.6 is 0 Å². The summed E-state index contributed by atoms with van der Waals surface area (Å²) in [7, 11) is 0. The third-order valence-corrected chi connectivity index (χ3v) is 19.0. The highest BCUT2D eigenvalue weighted by Crippen LogP contribution is 2.20. The van der Waals surface area contributed by atoms with E-state index in [4.69, 9.17) is 4.74 Å². The summed E-state index contributed by atoms with van der Waals surface area (Å²) in [5.74, 6) is -0.0147. The van der Waals surface area contributed by atoms with Gasteiger partial charge in [-0.1, -0.05) is 391 Å². The number of carbonyl (C=O) groups is 2. The molecule has 0 rings (SSSR count). The molecule has 516 valence electrons. The van der Waals surface area contributed by atoms with Crippen molar-refractivity contribution >= 4 is 11.9 Å². The fourth-order valence-electron chi connectivity index (χ4n) is 12.9. The third kappa shape index (κ3) is 73.3. The number of allylic oxidation sites excluding steroid dienone is 4. The number of nitrogens with one attached hydrogen (secondary N) is 1. The maximum atomic E-state index is 12.6. The number of amides is 1. The van der Waals surface area contributed by atoms with E-state index in [0.717, 1.165) is 44.9 Å². The molecular weight excluding hydrogens is 1070 g/mol. The van der Waals surface area contributed by atoms with E-state index in [2.05, 4.69) is 43.5 Å². The number of aliphatic hydroxyl groups excluding tert-OH is 2. The van der Waals surface area contributed by atoms with Gasteiger partial charge in [-0.05, 0) is 77.0 Å². The van der Waals surface area contributed by atoms with Crippen LogP contribution in [0.1, 0.15) is 457 Å². The molecule has 6 nitrogen and oxygen atoms in total. The summed E-state index contributed by atoms with van der Waals surface area (Å²) < 4.78 is 5.48. The Kier molecular flexibility index (Phi) is 75.3. The smallest absolute Gasteiger partial charge is 0.305 e. The Hall–Kier alpha value is -1.66. The highest BCUT2D eigenvalue weighted by atomic mass is 16.5. The van der Waals surface area contributed by atoms with E-state index in [0.29, 0.717) is 25.9 Å². The number of ether oxygens (including phenoxy) is 1. The summed E-state index contributed by atoms with van der Waals surface area (Å²) in [6.07, 6.45) is 98.5. The largest absolute Gasteiger partial charge is 0.466 e. The zero-order valence-corrected chi connectivity index (χ0v) is 59.3. The summed E-state index contributed by atoms with van der Waals surface area (Å²) in [6, 6.07) is -0.540. The number of rotatable bonds is 76. The van der Waals surface area contributed by atoms with Gasteiger partial charge in [0.1, 0.15) is 0 Å². The first-order valence-electron chi connectivity index (χ1n) is 40.1. The SMILES string of the molecule is CCCCC/C=C\CCCCCCCC(=O)OCCCCCCCCCCCCCCCC/C=C\CCCCCCCCCCCCCCCCCCCC(=O)NC(CO)C(O)CCCCCCCCCCCCCCCCCCCCCCCCC. The van der Waals surface area contributed by atoms with Gasteiger partial charge < -0.3 is 20.3 Å². The molecule has 0 radical (unpaired) electrons. The average molecular weight is 1230 g/mol. The van der Waals surface area contributed by atoms with Crippen LogP contribution < -0.4 is 5.32 Å². The maximum Gasteiger partial charge on any atom is 0.305 e. The van der Waals surface area contributed by atoms with Crippen molar-refractivity contribution in [1.29, 1.82) is 0 Å². The van der Waals surface area contributed by atoms with Crippen LogP contribution in [-0.4, -0.2) is 47.4 Å². The maximum absolute atomic E-state index is 12.6. The van der Waals surface area contributed by atoms with E-state index < -0.39 is 12.1 Å². The van der Waals surface area contributed by atoms with Gasteiger partial charge in [-0.3, -0.25) is 9.59 Å². The van der Waals surface area contributed by atoms with Crippen LogP contribution in [0, 0.1) is 0 Å². The molecule has 2 atom stereocenters. The van der Waals surface area contributed by atoms with E-state index in [1.165, 1.54) is 379 Å². The number of aliphatic hydroxyl groups is 2. The molecule has 0 spiro atoms. The second-order valence-electron chi connectivity index (χ2n) is 27.7. The first-order valence-corrected chi connectivity index (χ1v) is 40.1. The van der Waals surface area contributed by atoms with Crippen molar-refractivity contribution in [1.82, 2.24) is 5.32 Å². The summed E-state index contributed by atoms with van der Waals surface area (Å²) in [5.41, 5.74) is 0. The van der Waals surface area contributed by atoms with Gasteiger partial charge in [0.15, 0.2) is 0 Å². The van der Waals surface area contributed by atoms with Gasteiger partial charge in [-0.2, -0.15) is 0 Å². The second kappa shape index (κ2) is 76.8. The minimum atomic E-state index is -0.663. The van der Waals surface area contributed by atoms with Crippen LogP contribution in [0.5, 0.6) is 0 Å². The Labute approximate surface area is 545 Å². The lowest BCUT2D eigenvalue weighted by Crippen LogP contribution is -2.45. The van der Waals surface area contributed by atoms with E-state index in [-0.39, 0.29) is 18.5 Å². The van der Waals surface area contributed by atoms with Crippen LogP contribution in [-0.2, 0) is 14.3 Å². The first kappa shape index (κ1) is 85.3. The van der Waals surface area contributed by atoms with E-state index >= 15 is 0 Å². The standard InChI is InChI=1S/C81H157NO5/c1-3-5-7-9-11-13-15-17-18-19-20-21-35-38-41-44-47-50-53-57-61-65-69-73-79(84)78(77-83)82-80(85)74-70-66-62-58-54-51-48-45-42-39-36-33-31-29-27-25-23-22-24-26-28-30-32-34-37-40-43-46-49-52-56-60-64-68-72-76-87-81(86)75-71-67-63-59-55-16-14-12-10-8-6-4-2/h12,14,24,26,78-79,83-84H,3-11,13,15-23,25,27-77H2,1-2H3,(H,82,85)/b14-12-,26-24-. The molecule has 6 heteroatoms. The molecule has 0 saturated carbocycles. The Balaban J connectivity index is 3.35. The lowest BCUT2D eigenvalue weighted by atomic mass is 10.0. The van der Waals surface area contributed by atoms with Gasteiger partial charge in [-0.25, -0.2) is 0 Å². The summed E-state index contributed by atoms with van der Waals surface area (Å²) in [5, 5.41) is 23.5. The zero-order chi connectivity index (χ0) is 62.8. The molecule has 0 heterocycles. The van der Waals surface area contributed by atoms with Crippen molar-refractivity contribution in [3.05, 3.63) is 24.3 Å². The molecule has 0 bridgehead atoms. The summed E-state index contributed by atoms with van der Waals surface area (Å²) >= 11 is 0. The predicted molar refractivity (Wildman–Crippen MR) is 384 cm³/mol. The van der Waals surface area contributed by atoms with Crippen LogP contribution in [0.25, 0.3) is 0 Å². The van der Waals surface area contributed by atoms with Crippen LogP contribution in [0.2, 0.25) is 0 Å². The Bertz CT molecular complexity index is 1360. The quantitative estimate of drug-likeness (QED) is 0.0320. The first-order chi connectivity index (χ1) is 43.0. The zero-order valence-electron chi connectivity index (χ0n) is 59.3. The van der Waals surface area contributed by atoms with E-state index in [1.807, 2.05) is 0 Å². The molecule has 0 aromatic carbocycles. The molecule has 0 saturated heterocycles. The molecule has 0 fully saturated rings. The van der Waals surface area contributed by atoms with E-state index in [1.54, 1.807) is 0 Å². The summed E-state index contributed by atoms with van der Waals surface area (Å²) in [4.78, 5) is 24.6. The minimum Gasteiger partial charge on any atom is -0.466 e.